The molecule has 0 amide bonds. The van der Waals surface area contributed by atoms with Crippen LogP contribution in [0.2, 0.25) is 0 Å². The Hall–Kier alpha value is -0.850. The first-order valence-corrected chi connectivity index (χ1v) is 5.37. The van der Waals surface area contributed by atoms with Gasteiger partial charge >= 0.3 is 0 Å². The third-order valence-corrected chi connectivity index (χ3v) is 2.88. The van der Waals surface area contributed by atoms with E-state index < -0.39 is 0 Å². The average Bonchev–Trinajstić information content (AvgIpc) is 2.10. The van der Waals surface area contributed by atoms with Crippen LogP contribution in [0.25, 0.3) is 0 Å². The number of carbonyl (C=O) groups excluding carboxylic acids is 1. The van der Waals surface area contributed by atoms with Crippen LogP contribution < -0.4 is 0 Å². The molecule has 0 aliphatic heterocycles. The van der Waals surface area contributed by atoms with E-state index in [1.807, 2.05) is 0 Å². The maximum Gasteiger partial charge on any atom is 0.155 e. The van der Waals surface area contributed by atoms with E-state index in [4.69, 9.17) is 0 Å². The van der Waals surface area contributed by atoms with Crippen molar-refractivity contribution >= 4 is 5.78 Å². The molecule has 1 rings (SSSR count). The van der Waals surface area contributed by atoms with Gasteiger partial charge in [-0.1, -0.05) is 24.6 Å². The lowest BCUT2D eigenvalue weighted by Gasteiger charge is -2.27. The molecule has 0 aromatic rings. The first kappa shape index (κ1) is 11.2. The van der Waals surface area contributed by atoms with Crippen molar-refractivity contribution in [3.63, 3.8) is 0 Å². The Morgan fingerprint density at radius 1 is 1.57 bits per heavy atom. The molecule has 1 aliphatic rings. The summed E-state index contributed by atoms with van der Waals surface area (Å²) in [5.41, 5.74) is 1.63. The first-order valence-electron chi connectivity index (χ1n) is 5.37. The lowest BCUT2D eigenvalue weighted by molar-refractivity contribution is -0.115. The van der Waals surface area contributed by atoms with Gasteiger partial charge in [0.15, 0.2) is 5.78 Å². The second-order valence-electron chi connectivity index (χ2n) is 4.77. The summed E-state index contributed by atoms with van der Waals surface area (Å²) in [6.07, 6.45) is 10.1. The van der Waals surface area contributed by atoms with Gasteiger partial charge in [-0.25, -0.2) is 0 Å². The molecule has 0 saturated carbocycles. The van der Waals surface area contributed by atoms with Crippen LogP contribution in [0.15, 0.2) is 23.8 Å². The quantitative estimate of drug-likeness (QED) is 0.624. The SMILES string of the molecule is CC(C)=CCC[C@]1(C)C=CC(=O)CC1. The highest BCUT2D eigenvalue weighted by molar-refractivity contribution is 5.90. The highest BCUT2D eigenvalue weighted by Crippen LogP contribution is 2.34. The van der Waals surface area contributed by atoms with Gasteiger partial charge in [-0.3, -0.25) is 4.79 Å². The highest BCUT2D eigenvalue weighted by Gasteiger charge is 2.24. The topological polar surface area (TPSA) is 17.1 Å². The molecule has 14 heavy (non-hydrogen) atoms. The van der Waals surface area contributed by atoms with Gasteiger partial charge in [0.25, 0.3) is 0 Å². The van der Waals surface area contributed by atoms with E-state index in [0.29, 0.717) is 0 Å². The number of hydrogen-bond acceptors (Lipinski definition) is 1. The Morgan fingerprint density at radius 2 is 2.29 bits per heavy atom. The molecule has 78 valence electrons. The first-order chi connectivity index (χ1) is 6.52. The standard InChI is InChI=1S/C13H20O/c1-11(2)5-4-8-13(3)9-6-12(14)7-10-13/h5-6,9H,4,7-8,10H2,1-3H3/t13-/m1/s1. The van der Waals surface area contributed by atoms with Crippen LogP contribution in [0.1, 0.15) is 46.5 Å². The molecule has 0 aromatic carbocycles. The van der Waals surface area contributed by atoms with Crippen LogP contribution >= 0.6 is 0 Å². The van der Waals surface area contributed by atoms with Crippen LogP contribution in [0.4, 0.5) is 0 Å². The number of allylic oxidation sites excluding steroid dienone is 4. The predicted octanol–water partition coefficient (Wildman–Crippen LogP) is 3.66. The fraction of sp³-hybridized carbons (Fsp3) is 0.615. The number of ketones is 1. The fourth-order valence-electron chi connectivity index (χ4n) is 1.77. The van der Waals surface area contributed by atoms with Crippen molar-refractivity contribution in [1.29, 1.82) is 0 Å². The van der Waals surface area contributed by atoms with Crippen LogP contribution in [-0.4, -0.2) is 5.78 Å². The zero-order valence-corrected chi connectivity index (χ0v) is 9.47. The lowest BCUT2D eigenvalue weighted by Crippen LogP contribution is -2.19. The van der Waals surface area contributed by atoms with Gasteiger partial charge in [0.1, 0.15) is 0 Å². The molecular weight excluding hydrogens is 172 g/mol. The van der Waals surface area contributed by atoms with Gasteiger partial charge in [0.05, 0.1) is 0 Å². The monoisotopic (exact) mass is 192 g/mol. The molecule has 1 atom stereocenters. The fourth-order valence-corrected chi connectivity index (χ4v) is 1.77. The van der Waals surface area contributed by atoms with Crippen molar-refractivity contribution in [1.82, 2.24) is 0 Å². The van der Waals surface area contributed by atoms with Crippen LogP contribution in [0.5, 0.6) is 0 Å². The van der Waals surface area contributed by atoms with Crippen molar-refractivity contribution in [3.8, 4) is 0 Å². The molecule has 0 radical (unpaired) electrons. The Labute approximate surface area is 86.9 Å². The number of carbonyl (C=O) groups is 1. The van der Waals surface area contributed by atoms with Gasteiger partial charge in [-0.15, -0.1) is 0 Å². The molecule has 0 unspecified atom stereocenters. The third-order valence-electron chi connectivity index (χ3n) is 2.88. The molecule has 0 bridgehead atoms. The van der Waals surface area contributed by atoms with Gasteiger partial charge in [-0.05, 0) is 44.6 Å². The van der Waals surface area contributed by atoms with Crippen molar-refractivity contribution in [3.05, 3.63) is 23.8 Å². The van der Waals surface area contributed by atoms with Crippen LogP contribution in [-0.2, 0) is 4.79 Å². The highest BCUT2D eigenvalue weighted by atomic mass is 16.1. The summed E-state index contributed by atoms with van der Waals surface area (Å²) in [6, 6.07) is 0. The van der Waals surface area contributed by atoms with Crippen LogP contribution in [0, 0.1) is 5.41 Å². The van der Waals surface area contributed by atoms with Crippen LogP contribution in [0.3, 0.4) is 0 Å². The minimum atomic E-state index is 0.250. The Kier molecular flexibility index (Phi) is 3.68. The second-order valence-corrected chi connectivity index (χ2v) is 4.77. The minimum absolute atomic E-state index is 0.250. The van der Waals surface area contributed by atoms with E-state index in [1.165, 1.54) is 5.57 Å². The van der Waals surface area contributed by atoms with Gasteiger partial charge in [0, 0.05) is 6.42 Å². The van der Waals surface area contributed by atoms with Crippen molar-refractivity contribution < 1.29 is 4.79 Å². The molecule has 1 aliphatic carbocycles. The molecule has 0 aromatic heterocycles. The largest absolute Gasteiger partial charge is 0.295 e. The normalized spacial score (nSPS) is 26.4. The summed E-state index contributed by atoms with van der Waals surface area (Å²) in [5, 5.41) is 0. The van der Waals surface area contributed by atoms with Gasteiger partial charge < -0.3 is 0 Å². The second kappa shape index (κ2) is 4.59. The average molecular weight is 192 g/mol. The Morgan fingerprint density at radius 3 is 2.79 bits per heavy atom. The number of rotatable bonds is 3. The maximum absolute atomic E-state index is 11.0. The molecule has 0 spiro atoms. The molecule has 1 nitrogen and oxygen atoms in total. The molecule has 0 fully saturated rings. The van der Waals surface area contributed by atoms with E-state index in [0.717, 1.165) is 25.7 Å². The zero-order chi connectivity index (χ0) is 10.6. The van der Waals surface area contributed by atoms with E-state index in [1.54, 1.807) is 6.08 Å². The Bertz CT molecular complexity index is 269. The lowest BCUT2D eigenvalue weighted by atomic mass is 9.77. The maximum atomic E-state index is 11.0. The van der Waals surface area contributed by atoms with E-state index in [2.05, 4.69) is 32.9 Å². The van der Waals surface area contributed by atoms with Gasteiger partial charge in [-0.2, -0.15) is 0 Å². The summed E-state index contributed by atoms with van der Waals surface area (Å²) in [6.45, 7) is 6.50. The Balaban J connectivity index is 2.47. The minimum Gasteiger partial charge on any atom is -0.295 e. The molecule has 0 N–H and O–H groups in total. The molecular formula is C13H20O. The predicted molar refractivity (Wildman–Crippen MR) is 60.2 cm³/mol. The summed E-state index contributed by atoms with van der Waals surface area (Å²) in [7, 11) is 0. The summed E-state index contributed by atoms with van der Waals surface area (Å²) >= 11 is 0. The smallest absolute Gasteiger partial charge is 0.155 e. The van der Waals surface area contributed by atoms with Crippen molar-refractivity contribution in [2.75, 3.05) is 0 Å². The van der Waals surface area contributed by atoms with E-state index in [-0.39, 0.29) is 11.2 Å². The molecule has 0 heterocycles. The summed E-state index contributed by atoms with van der Waals surface area (Å²) in [5.74, 6) is 0.282. The third kappa shape index (κ3) is 3.49. The van der Waals surface area contributed by atoms with E-state index >= 15 is 0 Å². The zero-order valence-electron chi connectivity index (χ0n) is 9.47. The van der Waals surface area contributed by atoms with Crippen molar-refractivity contribution in [2.24, 2.45) is 5.41 Å². The van der Waals surface area contributed by atoms with Gasteiger partial charge in [0.2, 0.25) is 0 Å². The van der Waals surface area contributed by atoms with Crippen molar-refractivity contribution in [2.45, 2.75) is 46.5 Å². The van der Waals surface area contributed by atoms with E-state index in [9.17, 15) is 4.79 Å². The summed E-state index contributed by atoms with van der Waals surface area (Å²) < 4.78 is 0. The summed E-state index contributed by atoms with van der Waals surface area (Å²) in [4.78, 5) is 11.0. The number of hydrogen-bond donors (Lipinski definition) is 0. The molecule has 1 heteroatoms. The molecule has 0 saturated heterocycles.